The van der Waals surface area contributed by atoms with E-state index in [2.05, 4.69) is 10.6 Å². The Morgan fingerprint density at radius 2 is 2.08 bits per heavy atom. The molecule has 0 spiro atoms. The van der Waals surface area contributed by atoms with Crippen LogP contribution in [0, 0.1) is 17.0 Å². The Morgan fingerprint density at radius 1 is 1.35 bits per heavy atom. The van der Waals surface area contributed by atoms with Gasteiger partial charge in [0, 0.05) is 53.4 Å². The summed E-state index contributed by atoms with van der Waals surface area (Å²) in [4.78, 5) is 22.5. The molecule has 1 aromatic carbocycles. The summed E-state index contributed by atoms with van der Waals surface area (Å²) >= 11 is 0. The predicted molar refractivity (Wildman–Crippen MR) is 104 cm³/mol. The molecule has 0 saturated heterocycles. The first-order valence-corrected chi connectivity index (χ1v) is 10.5. The summed E-state index contributed by atoms with van der Waals surface area (Å²) in [6.07, 6.45) is 4.53. The number of benzene rings is 1. The third-order valence-corrected chi connectivity index (χ3v) is 6.59. The van der Waals surface area contributed by atoms with Crippen molar-refractivity contribution in [1.29, 1.82) is 0 Å². The van der Waals surface area contributed by atoms with Crippen molar-refractivity contribution in [2.24, 2.45) is 0 Å². The minimum absolute atomic E-state index is 0.00873. The number of nitrogens with one attached hydrogen (secondary N) is 2. The smallest absolute Gasteiger partial charge is 0.269 e. The summed E-state index contributed by atoms with van der Waals surface area (Å²) in [5, 5.41) is 17.1. The molecule has 0 bridgehead atoms. The van der Waals surface area contributed by atoms with E-state index in [0.717, 1.165) is 25.7 Å². The highest BCUT2D eigenvalue weighted by Gasteiger charge is 2.28. The van der Waals surface area contributed by atoms with Gasteiger partial charge < -0.3 is 10.6 Å². The number of anilines is 1. The second kappa shape index (κ2) is 9.78. The van der Waals surface area contributed by atoms with Crippen molar-refractivity contribution in [3.8, 4) is 0 Å². The van der Waals surface area contributed by atoms with E-state index in [4.69, 9.17) is 0 Å². The van der Waals surface area contributed by atoms with Gasteiger partial charge in [-0.25, -0.2) is 0 Å². The van der Waals surface area contributed by atoms with Gasteiger partial charge in [0.2, 0.25) is 5.91 Å². The molecule has 1 aliphatic rings. The lowest BCUT2D eigenvalue weighted by molar-refractivity contribution is -0.384. The number of nitrogens with zero attached hydrogens (tertiary/aromatic N) is 1. The van der Waals surface area contributed by atoms with Gasteiger partial charge in [0.25, 0.3) is 5.69 Å². The van der Waals surface area contributed by atoms with Crippen LogP contribution in [0.15, 0.2) is 18.2 Å². The largest absolute Gasteiger partial charge is 0.326 e. The Morgan fingerprint density at radius 3 is 2.73 bits per heavy atom. The summed E-state index contributed by atoms with van der Waals surface area (Å²) in [6.45, 7) is 4.20. The second-order valence-electron chi connectivity index (χ2n) is 6.61. The molecule has 7 nitrogen and oxygen atoms in total. The molecular weight excluding hydrogens is 354 g/mol. The molecule has 1 aliphatic carbocycles. The van der Waals surface area contributed by atoms with Crippen molar-refractivity contribution in [3.05, 3.63) is 33.9 Å². The number of hydrogen-bond donors (Lipinski definition) is 2. The molecule has 8 heteroatoms. The number of carbonyl (C=O) groups excluding carboxylic acids is 1. The Bertz CT molecular complexity index is 680. The van der Waals surface area contributed by atoms with Crippen molar-refractivity contribution in [3.63, 3.8) is 0 Å². The predicted octanol–water partition coefficient (Wildman–Crippen LogP) is 2.90. The Hall–Kier alpha value is -1.80. The lowest BCUT2D eigenvalue weighted by atomic mass is 9.95. The van der Waals surface area contributed by atoms with E-state index >= 15 is 0 Å². The van der Waals surface area contributed by atoms with E-state index in [-0.39, 0.29) is 22.9 Å². The minimum atomic E-state index is -0.817. The van der Waals surface area contributed by atoms with Crippen LogP contribution in [0.3, 0.4) is 0 Å². The molecule has 2 N–H and O–H groups in total. The fourth-order valence-electron chi connectivity index (χ4n) is 3.34. The van der Waals surface area contributed by atoms with E-state index in [0.29, 0.717) is 30.0 Å². The highest BCUT2D eigenvalue weighted by atomic mass is 32.2. The van der Waals surface area contributed by atoms with Gasteiger partial charge in [0.15, 0.2) is 0 Å². The second-order valence-corrected chi connectivity index (χ2v) is 8.55. The number of nitro benzene ring substituents is 1. The lowest BCUT2D eigenvalue weighted by Gasteiger charge is -2.31. The van der Waals surface area contributed by atoms with Crippen LogP contribution in [0.1, 0.15) is 44.6 Å². The number of carbonyl (C=O) groups is 1. The van der Waals surface area contributed by atoms with Gasteiger partial charge in [0.05, 0.1) is 10.2 Å². The zero-order valence-corrected chi connectivity index (χ0v) is 16.1. The zero-order valence-electron chi connectivity index (χ0n) is 15.3. The molecule has 26 heavy (non-hydrogen) atoms. The summed E-state index contributed by atoms with van der Waals surface area (Å²) in [5.41, 5.74) is 1.25. The van der Waals surface area contributed by atoms with Crippen molar-refractivity contribution in [1.82, 2.24) is 5.32 Å². The molecule has 1 saturated carbocycles. The molecule has 0 aromatic heterocycles. The number of rotatable bonds is 8. The molecule has 2 rings (SSSR count). The summed E-state index contributed by atoms with van der Waals surface area (Å²) < 4.78 is 12.2. The van der Waals surface area contributed by atoms with Crippen molar-refractivity contribution >= 4 is 28.1 Å². The molecule has 1 amide bonds. The summed E-state index contributed by atoms with van der Waals surface area (Å²) in [7, 11) is -0.817. The first-order chi connectivity index (χ1) is 12.4. The average Bonchev–Trinajstić information content (AvgIpc) is 2.63. The lowest BCUT2D eigenvalue weighted by Crippen LogP contribution is -2.45. The van der Waals surface area contributed by atoms with Gasteiger partial charge in [-0.05, 0) is 31.4 Å². The van der Waals surface area contributed by atoms with E-state index in [1.807, 2.05) is 6.92 Å². The fourth-order valence-corrected chi connectivity index (χ4v) is 4.80. The van der Waals surface area contributed by atoms with Crippen LogP contribution in [0.4, 0.5) is 11.4 Å². The van der Waals surface area contributed by atoms with Crippen LogP contribution in [0.2, 0.25) is 0 Å². The number of amides is 1. The first kappa shape index (κ1) is 20.5. The zero-order chi connectivity index (χ0) is 19.1. The molecule has 0 radical (unpaired) electrons. The maximum Gasteiger partial charge on any atom is 0.269 e. The Balaban J connectivity index is 1.83. The van der Waals surface area contributed by atoms with Gasteiger partial charge in [-0.2, -0.15) is 0 Å². The van der Waals surface area contributed by atoms with Crippen LogP contribution in [-0.2, 0) is 15.6 Å². The molecule has 3 atom stereocenters. The van der Waals surface area contributed by atoms with Gasteiger partial charge in [0.1, 0.15) is 0 Å². The summed E-state index contributed by atoms with van der Waals surface area (Å²) in [6, 6.07) is 4.59. The van der Waals surface area contributed by atoms with E-state index < -0.39 is 15.7 Å². The van der Waals surface area contributed by atoms with E-state index in [9.17, 15) is 19.1 Å². The minimum Gasteiger partial charge on any atom is -0.326 e. The molecular formula is C18H27N3O4S. The molecule has 144 valence electrons. The van der Waals surface area contributed by atoms with E-state index in [1.54, 1.807) is 13.0 Å². The molecule has 0 heterocycles. The fraction of sp³-hybridized carbons (Fsp3) is 0.611. The third-order valence-electron chi connectivity index (χ3n) is 4.78. The Kier molecular flexibility index (Phi) is 7.71. The molecule has 0 aliphatic heterocycles. The first-order valence-electron chi connectivity index (χ1n) is 9.07. The third kappa shape index (κ3) is 5.60. The van der Waals surface area contributed by atoms with Crippen molar-refractivity contribution in [2.45, 2.75) is 57.2 Å². The molecule has 1 fully saturated rings. The Labute approximate surface area is 156 Å². The topological polar surface area (TPSA) is 101 Å². The standard InChI is InChI=1S/C18H27N3O4S/c1-3-26(25)17-7-5-4-6-16(17)19-11-10-18(22)20-15-9-8-14(21(23)24)12-13(15)2/h8-9,12,16-17,19H,3-7,10-11H2,1-2H3,(H,20,22)/t16-,17-,26+/m0/s1. The van der Waals surface area contributed by atoms with Gasteiger partial charge in [-0.15, -0.1) is 0 Å². The van der Waals surface area contributed by atoms with Crippen LogP contribution in [0.25, 0.3) is 0 Å². The van der Waals surface area contributed by atoms with Crippen LogP contribution in [0.5, 0.6) is 0 Å². The maximum atomic E-state index is 12.2. The normalized spacial score (nSPS) is 21.2. The number of hydrogen-bond acceptors (Lipinski definition) is 5. The number of nitro groups is 1. The maximum absolute atomic E-state index is 12.2. The quantitative estimate of drug-likeness (QED) is 0.532. The highest BCUT2D eigenvalue weighted by Crippen LogP contribution is 2.23. The van der Waals surface area contributed by atoms with Crippen LogP contribution >= 0.6 is 0 Å². The molecule has 1 aromatic rings. The van der Waals surface area contributed by atoms with Gasteiger partial charge in [-0.1, -0.05) is 19.8 Å². The van der Waals surface area contributed by atoms with E-state index in [1.165, 1.54) is 12.1 Å². The summed E-state index contributed by atoms with van der Waals surface area (Å²) in [5.74, 6) is 0.529. The van der Waals surface area contributed by atoms with Crippen LogP contribution < -0.4 is 10.6 Å². The van der Waals surface area contributed by atoms with Crippen molar-refractivity contribution in [2.75, 3.05) is 17.6 Å². The SMILES string of the molecule is CC[S@@](=O)[C@H]1CCCC[C@@H]1NCCC(=O)Nc1ccc([N+](=O)[O-])cc1C. The van der Waals surface area contributed by atoms with Crippen molar-refractivity contribution < 1.29 is 13.9 Å². The van der Waals surface area contributed by atoms with Gasteiger partial charge in [-0.3, -0.25) is 19.1 Å². The van der Waals surface area contributed by atoms with Gasteiger partial charge >= 0.3 is 0 Å². The number of aryl methyl sites for hydroxylation is 1. The number of non-ortho nitro benzene ring substituents is 1. The highest BCUT2D eigenvalue weighted by molar-refractivity contribution is 7.85. The monoisotopic (exact) mass is 381 g/mol. The van der Waals surface area contributed by atoms with Crippen LogP contribution in [-0.4, -0.2) is 38.6 Å². The average molecular weight is 381 g/mol. The molecule has 0 unspecified atom stereocenters.